The highest BCUT2D eigenvalue weighted by atomic mass is 32.2. The van der Waals surface area contributed by atoms with Crippen LogP contribution in [0.1, 0.15) is 0 Å². The summed E-state index contributed by atoms with van der Waals surface area (Å²) >= 11 is 1.44. The molecule has 0 radical (unpaired) electrons. The third-order valence-corrected chi connectivity index (χ3v) is 3.75. The molecule has 2 heterocycles. The molecule has 19 heavy (non-hydrogen) atoms. The normalized spacial score (nSPS) is 11.0. The fourth-order valence-corrected chi connectivity index (χ4v) is 2.52. The summed E-state index contributed by atoms with van der Waals surface area (Å²) in [5.74, 6) is 0.390. The second-order valence-electron chi connectivity index (χ2n) is 4.01. The predicted molar refractivity (Wildman–Crippen MR) is 72.9 cm³/mol. The summed E-state index contributed by atoms with van der Waals surface area (Å²) in [4.78, 5) is 16.4. The van der Waals surface area contributed by atoms with Crippen LogP contribution in [0.3, 0.4) is 0 Å². The summed E-state index contributed by atoms with van der Waals surface area (Å²) in [5, 5.41) is 9.39. The molecule has 2 aromatic heterocycles. The molecule has 0 saturated heterocycles. The number of thioether (sulfide) groups is 1. The molecule has 0 N–H and O–H groups in total. The number of nitrogens with zero attached hydrogens (tertiary/aromatic N) is 5. The molecule has 0 fully saturated rings. The maximum Gasteiger partial charge on any atom is 0.278 e. The van der Waals surface area contributed by atoms with Crippen molar-refractivity contribution in [1.82, 2.24) is 24.5 Å². The highest BCUT2D eigenvalue weighted by Gasteiger charge is 2.06. The second kappa shape index (κ2) is 4.85. The first-order chi connectivity index (χ1) is 9.25. The van der Waals surface area contributed by atoms with Crippen LogP contribution in [0.5, 0.6) is 0 Å². The summed E-state index contributed by atoms with van der Waals surface area (Å²) in [6, 6.07) is 7.19. The Morgan fingerprint density at radius 3 is 2.95 bits per heavy atom. The number of benzene rings is 1. The van der Waals surface area contributed by atoms with Crippen molar-refractivity contribution in [2.24, 2.45) is 7.05 Å². The van der Waals surface area contributed by atoms with Gasteiger partial charge in [-0.25, -0.2) is 4.98 Å². The van der Waals surface area contributed by atoms with Crippen LogP contribution in [0, 0.1) is 0 Å². The number of aryl methyl sites for hydroxylation is 1. The molecule has 7 heteroatoms. The van der Waals surface area contributed by atoms with Crippen LogP contribution >= 0.6 is 11.8 Å². The average molecular weight is 273 g/mol. The highest BCUT2D eigenvalue weighted by molar-refractivity contribution is 7.98. The van der Waals surface area contributed by atoms with Crippen molar-refractivity contribution in [3.8, 4) is 0 Å². The lowest BCUT2D eigenvalue weighted by Crippen LogP contribution is -2.23. The van der Waals surface area contributed by atoms with E-state index in [2.05, 4.69) is 15.3 Å². The summed E-state index contributed by atoms with van der Waals surface area (Å²) in [7, 11) is 1.91. The molecule has 96 valence electrons. The molecule has 1 aromatic carbocycles. The first kappa shape index (κ1) is 11.9. The standard InChI is InChI=1S/C12H11N5OS/c1-16-7-6-13-12(16)19-8-17-11(18)9-4-2-3-5-10(9)14-15-17/h2-7H,8H2,1H3. The smallest absolute Gasteiger partial charge is 0.278 e. The average Bonchev–Trinajstić information content (AvgIpc) is 2.84. The van der Waals surface area contributed by atoms with Crippen molar-refractivity contribution < 1.29 is 0 Å². The summed E-state index contributed by atoms with van der Waals surface area (Å²) in [6.07, 6.45) is 3.58. The van der Waals surface area contributed by atoms with E-state index in [9.17, 15) is 4.79 Å². The molecule has 0 spiro atoms. The number of fused-ring (bicyclic) bond motifs is 1. The molecule has 0 saturated carbocycles. The first-order valence-electron chi connectivity index (χ1n) is 5.68. The molecule has 0 amide bonds. The van der Waals surface area contributed by atoms with E-state index in [-0.39, 0.29) is 5.56 Å². The fourth-order valence-electron chi connectivity index (χ4n) is 1.72. The number of aromatic nitrogens is 5. The predicted octanol–water partition coefficient (Wildman–Crippen LogP) is 1.27. The minimum atomic E-state index is -0.132. The maximum absolute atomic E-state index is 12.2. The lowest BCUT2D eigenvalue weighted by Gasteiger charge is -2.04. The minimum Gasteiger partial charge on any atom is -0.329 e. The zero-order chi connectivity index (χ0) is 13.2. The van der Waals surface area contributed by atoms with Crippen molar-refractivity contribution >= 4 is 22.7 Å². The zero-order valence-corrected chi connectivity index (χ0v) is 11.0. The lowest BCUT2D eigenvalue weighted by atomic mass is 10.2. The van der Waals surface area contributed by atoms with E-state index in [4.69, 9.17) is 0 Å². The Bertz CT molecular complexity index is 779. The van der Waals surface area contributed by atoms with Gasteiger partial charge < -0.3 is 4.57 Å². The Hall–Kier alpha value is -2.15. The van der Waals surface area contributed by atoms with Crippen LogP contribution in [-0.4, -0.2) is 24.5 Å². The third kappa shape index (κ3) is 2.24. The van der Waals surface area contributed by atoms with Crippen LogP contribution in [0.15, 0.2) is 46.6 Å². The van der Waals surface area contributed by atoms with Gasteiger partial charge in [0.1, 0.15) is 5.52 Å². The van der Waals surface area contributed by atoms with E-state index in [0.29, 0.717) is 16.8 Å². The number of rotatable bonds is 3. The van der Waals surface area contributed by atoms with Gasteiger partial charge in [-0.3, -0.25) is 4.79 Å². The van der Waals surface area contributed by atoms with E-state index in [1.807, 2.05) is 29.9 Å². The minimum absolute atomic E-state index is 0.132. The van der Waals surface area contributed by atoms with E-state index in [0.717, 1.165) is 5.16 Å². The molecular formula is C12H11N5OS. The second-order valence-corrected chi connectivity index (χ2v) is 4.92. The summed E-state index contributed by atoms with van der Waals surface area (Å²) < 4.78 is 3.24. The fraction of sp³-hybridized carbons (Fsp3) is 0.167. The molecule has 0 bridgehead atoms. The maximum atomic E-state index is 12.2. The van der Waals surface area contributed by atoms with E-state index < -0.39 is 0 Å². The van der Waals surface area contributed by atoms with Crippen LogP contribution < -0.4 is 5.56 Å². The summed E-state index contributed by atoms with van der Waals surface area (Å²) in [5.41, 5.74) is 0.484. The number of imidazole rings is 1. The number of hydrogen-bond donors (Lipinski definition) is 0. The topological polar surface area (TPSA) is 65.6 Å². The van der Waals surface area contributed by atoms with Gasteiger partial charge in [-0.05, 0) is 12.1 Å². The van der Waals surface area contributed by atoms with E-state index in [1.165, 1.54) is 16.4 Å². The van der Waals surface area contributed by atoms with Crippen molar-refractivity contribution in [2.75, 3.05) is 0 Å². The quantitative estimate of drug-likeness (QED) is 0.672. The SMILES string of the molecule is Cn1ccnc1SCn1nnc2ccccc2c1=O. The largest absolute Gasteiger partial charge is 0.329 e. The Morgan fingerprint density at radius 2 is 2.16 bits per heavy atom. The highest BCUT2D eigenvalue weighted by Crippen LogP contribution is 2.15. The van der Waals surface area contributed by atoms with Gasteiger partial charge in [-0.15, -0.1) is 5.10 Å². The number of hydrogen-bond acceptors (Lipinski definition) is 5. The van der Waals surface area contributed by atoms with Gasteiger partial charge in [0.25, 0.3) is 5.56 Å². The Labute approximate surface area is 113 Å². The van der Waals surface area contributed by atoms with Gasteiger partial charge in [0.05, 0.1) is 11.3 Å². The monoisotopic (exact) mass is 273 g/mol. The Morgan fingerprint density at radius 1 is 1.32 bits per heavy atom. The van der Waals surface area contributed by atoms with Crippen molar-refractivity contribution in [3.63, 3.8) is 0 Å². The van der Waals surface area contributed by atoms with Crippen LogP contribution in [-0.2, 0) is 12.9 Å². The van der Waals surface area contributed by atoms with E-state index >= 15 is 0 Å². The Kier molecular flexibility index (Phi) is 3.04. The molecule has 0 aliphatic rings. The molecule has 0 atom stereocenters. The molecular weight excluding hydrogens is 262 g/mol. The van der Waals surface area contributed by atoms with E-state index in [1.54, 1.807) is 18.3 Å². The van der Waals surface area contributed by atoms with Crippen molar-refractivity contribution in [3.05, 3.63) is 47.0 Å². The lowest BCUT2D eigenvalue weighted by molar-refractivity contribution is 0.642. The van der Waals surface area contributed by atoms with Gasteiger partial charge in [0, 0.05) is 19.4 Å². The zero-order valence-electron chi connectivity index (χ0n) is 10.2. The van der Waals surface area contributed by atoms with Gasteiger partial charge in [-0.1, -0.05) is 29.1 Å². The van der Waals surface area contributed by atoms with Gasteiger partial charge in [-0.2, -0.15) is 4.68 Å². The molecule has 0 unspecified atom stereocenters. The van der Waals surface area contributed by atoms with Gasteiger partial charge >= 0.3 is 0 Å². The van der Waals surface area contributed by atoms with Crippen LogP contribution in [0.2, 0.25) is 0 Å². The van der Waals surface area contributed by atoms with Gasteiger partial charge in [0.15, 0.2) is 5.16 Å². The molecule has 3 rings (SSSR count). The first-order valence-corrected chi connectivity index (χ1v) is 6.67. The molecule has 3 aromatic rings. The molecule has 0 aliphatic heterocycles. The van der Waals surface area contributed by atoms with Crippen molar-refractivity contribution in [2.45, 2.75) is 11.0 Å². The van der Waals surface area contributed by atoms with Crippen LogP contribution in [0.4, 0.5) is 0 Å². The van der Waals surface area contributed by atoms with Crippen LogP contribution in [0.25, 0.3) is 10.9 Å². The summed E-state index contributed by atoms with van der Waals surface area (Å²) in [6.45, 7) is 0. The molecule has 0 aliphatic carbocycles. The Balaban J connectivity index is 1.92. The van der Waals surface area contributed by atoms with Gasteiger partial charge in [0.2, 0.25) is 0 Å². The third-order valence-electron chi connectivity index (χ3n) is 2.72. The molecule has 6 nitrogen and oxygen atoms in total. The van der Waals surface area contributed by atoms with Crippen molar-refractivity contribution in [1.29, 1.82) is 0 Å².